The van der Waals surface area contributed by atoms with Crippen LogP contribution in [0.5, 0.6) is 0 Å². The smallest absolute Gasteiger partial charge is 0.135 e. The van der Waals surface area contributed by atoms with Crippen molar-refractivity contribution in [2.24, 2.45) is 0 Å². The van der Waals surface area contributed by atoms with Gasteiger partial charge in [-0.1, -0.05) is 127 Å². The van der Waals surface area contributed by atoms with Gasteiger partial charge < -0.3 is 18.6 Å². The minimum Gasteiger partial charge on any atom is -0.456 e. The van der Waals surface area contributed by atoms with Gasteiger partial charge in [0.25, 0.3) is 0 Å². The molecule has 0 bridgehead atoms. The SMILES string of the molecule is c1ccc(N(c2ccc(-c3ccc(N(c4ccccc4)c4ccc5oc6ccccc6c5c4)c(-c4ccc5ccccc5c4)c3)cc2)c2ccc3oc4ccccc4c3c2)cc1. The van der Waals surface area contributed by atoms with E-state index in [0.29, 0.717) is 0 Å². The van der Waals surface area contributed by atoms with Crippen molar-refractivity contribution in [1.82, 2.24) is 0 Å². The Hall–Kier alpha value is -8.34. The number of rotatable bonds is 8. The van der Waals surface area contributed by atoms with Crippen LogP contribution in [0.2, 0.25) is 0 Å². The fraction of sp³-hybridized carbons (Fsp3) is 0. The van der Waals surface area contributed by atoms with Crippen LogP contribution in [-0.2, 0) is 0 Å². The molecule has 10 aromatic carbocycles. The number of furan rings is 2. The van der Waals surface area contributed by atoms with Gasteiger partial charge in [0.15, 0.2) is 0 Å². The molecular formula is C58H38N2O2. The summed E-state index contributed by atoms with van der Waals surface area (Å²) in [6.07, 6.45) is 0. The number of anilines is 6. The van der Waals surface area contributed by atoms with Crippen molar-refractivity contribution in [1.29, 1.82) is 0 Å². The minimum absolute atomic E-state index is 0.873. The Bertz CT molecular complexity index is 3590. The van der Waals surface area contributed by atoms with E-state index in [4.69, 9.17) is 8.83 Å². The van der Waals surface area contributed by atoms with E-state index >= 15 is 0 Å². The summed E-state index contributed by atoms with van der Waals surface area (Å²) in [6, 6.07) is 81.9. The molecule has 0 saturated carbocycles. The molecule has 4 nitrogen and oxygen atoms in total. The van der Waals surface area contributed by atoms with Crippen molar-refractivity contribution in [3.8, 4) is 22.3 Å². The lowest BCUT2D eigenvalue weighted by Gasteiger charge is -2.28. The summed E-state index contributed by atoms with van der Waals surface area (Å²) in [5, 5.41) is 6.81. The normalized spacial score (nSPS) is 11.5. The van der Waals surface area contributed by atoms with E-state index in [1.807, 2.05) is 24.3 Å². The first kappa shape index (κ1) is 35.6. The van der Waals surface area contributed by atoms with Gasteiger partial charge in [0.05, 0.1) is 5.69 Å². The molecule has 0 aliphatic heterocycles. The summed E-state index contributed by atoms with van der Waals surface area (Å²) in [7, 11) is 0. The van der Waals surface area contributed by atoms with Crippen LogP contribution in [0.25, 0.3) is 76.9 Å². The lowest BCUT2D eigenvalue weighted by Crippen LogP contribution is -2.11. The van der Waals surface area contributed by atoms with Gasteiger partial charge >= 0.3 is 0 Å². The average molecular weight is 795 g/mol. The summed E-state index contributed by atoms with van der Waals surface area (Å²) in [5.74, 6) is 0. The Balaban J connectivity index is 1.000. The lowest BCUT2D eigenvalue weighted by atomic mass is 9.94. The second-order valence-electron chi connectivity index (χ2n) is 15.7. The molecule has 292 valence electrons. The van der Waals surface area contributed by atoms with Crippen molar-refractivity contribution in [3.63, 3.8) is 0 Å². The Morgan fingerprint density at radius 2 is 0.726 bits per heavy atom. The molecule has 0 radical (unpaired) electrons. The van der Waals surface area contributed by atoms with Crippen LogP contribution in [0.4, 0.5) is 34.1 Å². The van der Waals surface area contributed by atoms with Crippen molar-refractivity contribution in [2.75, 3.05) is 9.80 Å². The topological polar surface area (TPSA) is 32.8 Å². The molecule has 0 fully saturated rings. The number of fused-ring (bicyclic) bond motifs is 7. The summed E-state index contributed by atoms with van der Waals surface area (Å²) in [5.41, 5.74) is 14.5. The molecule has 12 rings (SSSR count). The van der Waals surface area contributed by atoms with Crippen molar-refractivity contribution >= 4 is 88.8 Å². The van der Waals surface area contributed by atoms with E-state index in [9.17, 15) is 0 Å². The Morgan fingerprint density at radius 1 is 0.258 bits per heavy atom. The van der Waals surface area contributed by atoms with E-state index in [1.54, 1.807) is 0 Å². The summed E-state index contributed by atoms with van der Waals surface area (Å²) >= 11 is 0. The number of hydrogen-bond donors (Lipinski definition) is 0. The predicted molar refractivity (Wildman–Crippen MR) is 259 cm³/mol. The first-order chi connectivity index (χ1) is 30.7. The van der Waals surface area contributed by atoms with Crippen LogP contribution in [0.15, 0.2) is 239 Å². The van der Waals surface area contributed by atoms with E-state index in [1.165, 1.54) is 10.8 Å². The van der Waals surface area contributed by atoms with Gasteiger partial charge in [-0.05, 0) is 131 Å². The maximum absolute atomic E-state index is 6.27. The van der Waals surface area contributed by atoms with E-state index < -0.39 is 0 Å². The van der Waals surface area contributed by atoms with Gasteiger partial charge in [-0.25, -0.2) is 0 Å². The molecule has 0 aliphatic rings. The summed E-state index contributed by atoms with van der Waals surface area (Å²) in [4.78, 5) is 4.68. The average Bonchev–Trinajstić information content (AvgIpc) is 3.91. The van der Waals surface area contributed by atoms with Gasteiger partial charge in [-0.3, -0.25) is 0 Å². The molecule has 62 heavy (non-hydrogen) atoms. The van der Waals surface area contributed by atoms with Gasteiger partial charge in [0.1, 0.15) is 22.3 Å². The van der Waals surface area contributed by atoms with Crippen molar-refractivity contribution in [3.05, 3.63) is 231 Å². The second kappa shape index (κ2) is 14.7. The zero-order valence-electron chi connectivity index (χ0n) is 33.7. The van der Waals surface area contributed by atoms with Gasteiger partial charge in [-0.15, -0.1) is 0 Å². The number of para-hydroxylation sites is 4. The highest BCUT2D eigenvalue weighted by atomic mass is 16.3. The van der Waals surface area contributed by atoms with E-state index in [2.05, 4.69) is 216 Å². The van der Waals surface area contributed by atoms with Crippen LogP contribution in [0.3, 0.4) is 0 Å². The molecular weight excluding hydrogens is 757 g/mol. The number of hydrogen-bond acceptors (Lipinski definition) is 4. The Kier molecular flexibility index (Phi) is 8.46. The highest BCUT2D eigenvalue weighted by Crippen LogP contribution is 2.45. The molecule has 4 heteroatoms. The van der Waals surface area contributed by atoms with E-state index in [-0.39, 0.29) is 0 Å². The quantitative estimate of drug-likeness (QED) is 0.153. The number of nitrogens with zero attached hydrogens (tertiary/aromatic N) is 2. The molecule has 0 N–H and O–H groups in total. The molecule has 0 saturated heterocycles. The van der Waals surface area contributed by atoms with Gasteiger partial charge in [0, 0.05) is 55.5 Å². The molecule has 12 aromatic rings. The third kappa shape index (κ3) is 6.16. The Morgan fingerprint density at radius 3 is 1.37 bits per heavy atom. The first-order valence-electron chi connectivity index (χ1n) is 21.0. The van der Waals surface area contributed by atoms with Crippen LogP contribution in [0, 0.1) is 0 Å². The highest BCUT2D eigenvalue weighted by molar-refractivity contribution is 6.08. The zero-order chi connectivity index (χ0) is 41.0. The Labute approximate surface area is 358 Å². The fourth-order valence-corrected chi connectivity index (χ4v) is 9.04. The van der Waals surface area contributed by atoms with Crippen LogP contribution >= 0.6 is 0 Å². The summed E-state index contributed by atoms with van der Waals surface area (Å²) in [6.45, 7) is 0. The third-order valence-corrected chi connectivity index (χ3v) is 12.0. The molecule has 2 aromatic heterocycles. The van der Waals surface area contributed by atoms with Crippen molar-refractivity contribution in [2.45, 2.75) is 0 Å². The zero-order valence-corrected chi connectivity index (χ0v) is 33.7. The molecule has 0 amide bonds. The molecule has 0 aliphatic carbocycles. The largest absolute Gasteiger partial charge is 0.456 e. The van der Waals surface area contributed by atoms with Crippen LogP contribution in [0.1, 0.15) is 0 Å². The van der Waals surface area contributed by atoms with Gasteiger partial charge in [-0.2, -0.15) is 0 Å². The number of benzene rings is 10. The monoisotopic (exact) mass is 794 g/mol. The van der Waals surface area contributed by atoms with Crippen LogP contribution < -0.4 is 9.80 Å². The van der Waals surface area contributed by atoms with Crippen molar-refractivity contribution < 1.29 is 8.83 Å². The first-order valence-corrected chi connectivity index (χ1v) is 21.0. The van der Waals surface area contributed by atoms with Gasteiger partial charge in [0.2, 0.25) is 0 Å². The second-order valence-corrected chi connectivity index (χ2v) is 15.7. The predicted octanol–water partition coefficient (Wildman–Crippen LogP) is 16.9. The maximum Gasteiger partial charge on any atom is 0.135 e. The highest BCUT2D eigenvalue weighted by Gasteiger charge is 2.21. The molecule has 2 heterocycles. The maximum atomic E-state index is 6.27. The lowest BCUT2D eigenvalue weighted by molar-refractivity contribution is 0.668. The standard InChI is InChI=1S/C58H38N2O2/c1-3-15-44(16-4-1)59(47-30-33-57-52(37-47)49-19-9-11-21-55(49)61-57)46-28-25-40(26-29-46)42-27-32-54(51(36-42)43-24-23-39-13-7-8-14-41(39)35-43)60(45-17-5-2-6-18-45)48-31-34-58-53(38-48)50-20-10-12-22-56(50)62-58/h1-38H. The fourth-order valence-electron chi connectivity index (χ4n) is 9.04. The summed E-state index contributed by atoms with van der Waals surface area (Å²) < 4.78 is 12.5. The third-order valence-electron chi connectivity index (χ3n) is 12.0. The molecule has 0 spiro atoms. The molecule has 0 atom stereocenters. The van der Waals surface area contributed by atoms with Crippen LogP contribution in [-0.4, -0.2) is 0 Å². The molecule has 0 unspecified atom stereocenters. The minimum atomic E-state index is 0.873. The van der Waals surface area contributed by atoms with E-state index in [0.717, 1.165) is 100 Å².